The maximum atomic E-state index is 11.2. The highest BCUT2D eigenvalue weighted by molar-refractivity contribution is 7.88. The molecule has 0 aromatic heterocycles. The van der Waals surface area contributed by atoms with E-state index in [-0.39, 0.29) is 0 Å². The summed E-state index contributed by atoms with van der Waals surface area (Å²) in [7, 11) is -2.99. The van der Waals surface area contributed by atoms with Crippen LogP contribution in [0, 0.1) is 5.92 Å². The topological polar surface area (TPSA) is 72.6 Å². The fourth-order valence-electron chi connectivity index (χ4n) is 1.76. The van der Waals surface area contributed by atoms with Crippen LogP contribution in [0.2, 0.25) is 0 Å². The summed E-state index contributed by atoms with van der Waals surface area (Å²) in [4.78, 5) is 4.51. The molecule has 0 aromatic rings. The quantitative estimate of drug-likeness (QED) is 0.676. The first-order valence-corrected chi connectivity index (χ1v) is 6.65. The van der Waals surface area contributed by atoms with Crippen molar-refractivity contribution in [2.75, 3.05) is 26.0 Å². The van der Waals surface area contributed by atoms with Crippen LogP contribution in [-0.2, 0) is 14.9 Å². The number of rotatable bonds is 4. The van der Waals surface area contributed by atoms with Gasteiger partial charge in [-0.3, -0.25) is 0 Å². The molecule has 0 saturated carbocycles. The van der Waals surface area contributed by atoms with Gasteiger partial charge in [0, 0.05) is 13.1 Å². The Bertz CT molecular complexity index is 258. The molecule has 1 rings (SSSR count). The van der Waals surface area contributed by atoms with E-state index in [0.717, 1.165) is 19.3 Å². The minimum absolute atomic E-state index is 0.552. The van der Waals surface area contributed by atoms with Crippen LogP contribution < -0.4 is 5.90 Å². The summed E-state index contributed by atoms with van der Waals surface area (Å²) >= 11 is 0. The summed E-state index contributed by atoms with van der Waals surface area (Å²) in [5.74, 6) is 5.49. The Balaban J connectivity index is 2.31. The predicted molar refractivity (Wildman–Crippen MR) is 53.9 cm³/mol. The first-order valence-electron chi connectivity index (χ1n) is 4.81. The van der Waals surface area contributed by atoms with Crippen LogP contribution in [0.4, 0.5) is 0 Å². The van der Waals surface area contributed by atoms with Crippen LogP contribution in [0.5, 0.6) is 0 Å². The second kappa shape index (κ2) is 5.06. The van der Waals surface area contributed by atoms with Crippen molar-refractivity contribution in [3.05, 3.63) is 0 Å². The number of nitrogens with zero attached hydrogens (tertiary/aromatic N) is 1. The molecule has 1 heterocycles. The fraction of sp³-hybridized carbons (Fsp3) is 1.00. The van der Waals surface area contributed by atoms with Gasteiger partial charge in [0.05, 0.1) is 12.9 Å². The van der Waals surface area contributed by atoms with Crippen molar-refractivity contribution in [1.82, 2.24) is 4.31 Å². The minimum atomic E-state index is -2.99. The van der Waals surface area contributed by atoms with Crippen molar-refractivity contribution in [1.29, 1.82) is 0 Å². The molecule has 1 aliphatic heterocycles. The normalized spacial score (nSPS) is 21.3. The molecule has 0 aromatic carbocycles. The summed E-state index contributed by atoms with van der Waals surface area (Å²) in [6, 6.07) is 0. The van der Waals surface area contributed by atoms with Crippen molar-refractivity contribution in [2.45, 2.75) is 19.3 Å². The zero-order valence-corrected chi connectivity index (χ0v) is 9.29. The largest absolute Gasteiger partial charge is 0.305 e. The fourth-order valence-corrected chi connectivity index (χ4v) is 2.64. The van der Waals surface area contributed by atoms with Gasteiger partial charge >= 0.3 is 0 Å². The van der Waals surface area contributed by atoms with Gasteiger partial charge in [0.2, 0.25) is 10.0 Å². The van der Waals surface area contributed by atoms with Gasteiger partial charge in [0.1, 0.15) is 0 Å². The molecule has 0 atom stereocenters. The Kier molecular flexibility index (Phi) is 4.31. The van der Waals surface area contributed by atoms with Gasteiger partial charge in [-0.05, 0) is 25.2 Å². The number of piperidine rings is 1. The minimum Gasteiger partial charge on any atom is -0.305 e. The van der Waals surface area contributed by atoms with Crippen LogP contribution in [0.1, 0.15) is 19.3 Å². The molecule has 1 saturated heterocycles. The average molecular weight is 222 g/mol. The highest BCUT2D eigenvalue weighted by atomic mass is 32.2. The molecule has 1 aliphatic rings. The van der Waals surface area contributed by atoms with E-state index in [9.17, 15) is 8.42 Å². The van der Waals surface area contributed by atoms with Crippen molar-refractivity contribution >= 4 is 10.0 Å². The molecule has 0 aliphatic carbocycles. The van der Waals surface area contributed by atoms with Crippen molar-refractivity contribution in [3.8, 4) is 0 Å². The summed E-state index contributed by atoms with van der Waals surface area (Å²) < 4.78 is 23.9. The lowest BCUT2D eigenvalue weighted by molar-refractivity contribution is 0.113. The SMILES string of the molecule is CS(=O)(=O)N1CCC(CCON)CC1. The second-order valence-corrected chi connectivity index (χ2v) is 5.75. The third kappa shape index (κ3) is 3.53. The number of nitrogens with two attached hydrogens (primary N) is 1. The van der Waals surface area contributed by atoms with Gasteiger partial charge in [0.15, 0.2) is 0 Å². The van der Waals surface area contributed by atoms with Gasteiger partial charge in [-0.1, -0.05) is 0 Å². The third-order valence-corrected chi connectivity index (χ3v) is 3.99. The lowest BCUT2D eigenvalue weighted by atomic mass is 9.95. The Morgan fingerprint density at radius 1 is 1.43 bits per heavy atom. The van der Waals surface area contributed by atoms with Gasteiger partial charge in [-0.25, -0.2) is 18.6 Å². The second-order valence-electron chi connectivity index (χ2n) is 3.76. The molecule has 84 valence electrons. The lowest BCUT2D eigenvalue weighted by Crippen LogP contribution is -2.37. The molecule has 0 bridgehead atoms. The Labute approximate surface area is 85.2 Å². The van der Waals surface area contributed by atoms with Crippen LogP contribution in [0.25, 0.3) is 0 Å². The predicted octanol–water partition coefficient (Wildman–Crippen LogP) is -0.0616. The lowest BCUT2D eigenvalue weighted by Gasteiger charge is -2.29. The number of hydrogen-bond acceptors (Lipinski definition) is 4. The van der Waals surface area contributed by atoms with Crippen LogP contribution in [0.3, 0.4) is 0 Å². The Morgan fingerprint density at radius 3 is 2.43 bits per heavy atom. The highest BCUT2D eigenvalue weighted by Gasteiger charge is 2.24. The summed E-state index contributed by atoms with van der Waals surface area (Å²) in [5, 5.41) is 0. The van der Waals surface area contributed by atoms with E-state index in [2.05, 4.69) is 4.84 Å². The summed E-state index contributed by atoms with van der Waals surface area (Å²) in [6.45, 7) is 1.83. The van der Waals surface area contributed by atoms with E-state index >= 15 is 0 Å². The Hall–Kier alpha value is -0.170. The molecule has 5 nitrogen and oxygen atoms in total. The molecule has 0 spiro atoms. The van der Waals surface area contributed by atoms with E-state index in [1.165, 1.54) is 10.6 Å². The van der Waals surface area contributed by atoms with Crippen molar-refractivity contribution in [3.63, 3.8) is 0 Å². The van der Waals surface area contributed by atoms with E-state index in [4.69, 9.17) is 5.90 Å². The average Bonchev–Trinajstić information content (AvgIpc) is 2.14. The molecule has 14 heavy (non-hydrogen) atoms. The molecule has 0 amide bonds. The van der Waals surface area contributed by atoms with Crippen molar-refractivity contribution < 1.29 is 13.3 Å². The molecule has 6 heteroatoms. The van der Waals surface area contributed by atoms with Gasteiger partial charge < -0.3 is 4.84 Å². The van der Waals surface area contributed by atoms with Crippen LogP contribution in [0.15, 0.2) is 0 Å². The molecule has 1 fully saturated rings. The van der Waals surface area contributed by atoms with Gasteiger partial charge in [-0.2, -0.15) is 0 Å². The highest BCUT2D eigenvalue weighted by Crippen LogP contribution is 2.21. The number of hydrogen-bond donors (Lipinski definition) is 1. The van der Waals surface area contributed by atoms with Crippen molar-refractivity contribution in [2.24, 2.45) is 11.8 Å². The van der Waals surface area contributed by atoms with E-state index < -0.39 is 10.0 Å². The summed E-state index contributed by atoms with van der Waals surface area (Å²) in [5.41, 5.74) is 0. The zero-order valence-electron chi connectivity index (χ0n) is 8.48. The standard InChI is InChI=1S/C8H18N2O3S/c1-14(11,12)10-5-2-8(3-6-10)4-7-13-9/h8H,2-7,9H2,1H3. The maximum absolute atomic E-state index is 11.2. The molecule has 0 unspecified atom stereocenters. The van der Waals surface area contributed by atoms with E-state index in [1.807, 2.05) is 0 Å². The third-order valence-electron chi connectivity index (χ3n) is 2.69. The first-order chi connectivity index (χ1) is 6.54. The van der Waals surface area contributed by atoms with E-state index in [1.54, 1.807) is 0 Å². The smallest absolute Gasteiger partial charge is 0.211 e. The Morgan fingerprint density at radius 2 is 2.00 bits per heavy atom. The molecule has 2 N–H and O–H groups in total. The monoisotopic (exact) mass is 222 g/mol. The molecular formula is C8H18N2O3S. The summed E-state index contributed by atoms with van der Waals surface area (Å²) in [6.07, 6.45) is 4.01. The number of sulfonamides is 1. The van der Waals surface area contributed by atoms with Crippen LogP contribution >= 0.6 is 0 Å². The molecular weight excluding hydrogens is 204 g/mol. The van der Waals surface area contributed by atoms with E-state index in [0.29, 0.717) is 25.6 Å². The zero-order chi connectivity index (χ0) is 10.6. The molecule has 0 radical (unpaired) electrons. The maximum Gasteiger partial charge on any atom is 0.211 e. The van der Waals surface area contributed by atoms with Gasteiger partial charge in [0.25, 0.3) is 0 Å². The van der Waals surface area contributed by atoms with Crippen LogP contribution in [-0.4, -0.2) is 38.7 Å². The first kappa shape index (κ1) is 11.9. The van der Waals surface area contributed by atoms with Gasteiger partial charge in [-0.15, -0.1) is 0 Å².